The topological polar surface area (TPSA) is 87.7 Å². The highest BCUT2D eigenvalue weighted by molar-refractivity contribution is 5.98. The predicted molar refractivity (Wildman–Crippen MR) is 61.1 cm³/mol. The average molecular weight is 221 g/mol. The van der Waals surface area contributed by atoms with E-state index in [0.717, 1.165) is 11.1 Å². The molecule has 4 N–H and O–H groups in total. The molecule has 0 spiro atoms. The third-order valence-electron chi connectivity index (χ3n) is 2.21. The first-order valence-corrected chi connectivity index (χ1v) is 4.91. The van der Waals surface area contributed by atoms with Gasteiger partial charge >= 0.3 is 0 Å². The van der Waals surface area contributed by atoms with Crippen LogP contribution in [0.25, 0.3) is 0 Å². The van der Waals surface area contributed by atoms with Crippen molar-refractivity contribution in [3.63, 3.8) is 0 Å². The maximum atomic E-state index is 11.3. The van der Waals surface area contributed by atoms with Gasteiger partial charge in [0, 0.05) is 6.54 Å². The first-order valence-electron chi connectivity index (χ1n) is 4.91. The summed E-state index contributed by atoms with van der Waals surface area (Å²) in [5.74, 6) is -0.360. The Morgan fingerprint density at radius 1 is 1.50 bits per heavy atom. The van der Waals surface area contributed by atoms with Crippen molar-refractivity contribution in [3.05, 3.63) is 35.4 Å². The fraction of sp³-hybridized carbons (Fsp3) is 0.273. The molecule has 0 heterocycles. The molecule has 0 radical (unpaired) electrons. The van der Waals surface area contributed by atoms with Crippen LogP contribution in [-0.4, -0.2) is 17.0 Å². The summed E-state index contributed by atoms with van der Waals surface area (Å²) in [5.41, 5.74) is 7.38. The molecule has 1 rings (SSSR count). The number of oxime groups is 1. The Balaban J connectivity index is 2.46. The molecule has 0 aliphatic heterocycles. The number of nitrogens with zero attached hydrogens (tertiary/aromatic N) is 1. The van der Waals surface area contributed by atoms with Crippen LogP contribution in [0, 0.1) is 6.92 Å². The molecular weight excluding hydrogens is 206 g/mol. The lowest BCUT2D eigenvalue weighted by Gasteiger charge is -2.07. The summed E-state index contributed by atoms with van der Waals surface area (Å²) in [6.07, 6.45) is -0.0949. The van der Waals surface area contributed by atoms with Crippen LogP contribution in [0.5, 0.6) is 0 Å². The van der Waals surface area contributed by atoms with Gasteiger partial charge in [0.05, 0.1) is 6.42 Å². The molecule has 0 saturated carbocycles. The lowest BCUT2D eigenvalue weighted by molar-refractivity contribution is -0.120. The van der Waals surface area contributed by atoms with Crippen molar-refractivity contribution in [3.8, 4) is 0 Å². The minimum absolute atomic E-state index is 0.0949. The Morgan fingerprint density at radius 2 is 2.19 bits per heavy atom. The lowest BCUT2D eigenvalue weighted by atomic mass is 10.1. The molecule has 5 heteroatoms. The minimum Gasteiger partial charge on any atom is -0.409 e. The molecule has 0 atom stereocenters. The van der Waals surface area contributed by atoms with Crippen LogP contribution in [0.2, 0.25) is 0 Å². The maximum Gasteiger partial charge on any atom is 0.227 e. The SMILES string of the molecule is Cc1ccccc1CNC(=O)CC(N)=NO. The zero-order valence-electron chi connectivity index (χ0n) is 9.10. The molecule has 1 amide bonds. The highest BCUT2D eigenvalue weighted by atomic mass is 16.4. The Labute approximate surface area is 94.0 Å². The van der Waals surface area contributed by atoms with Gasteiger partial charge in [-0.2, -0.15) is 0 Å². The molecule has 1 aromatic rings. The lowest BCUT2D eigenvalue weighted by Crippen LogP contribution is -2.28. The Kier molecular flexibility index (Phi) is 4.32. The second-order valence-corrected chi connectivity index (χ2v) is 3.47. The van der Waals surface area contributed by atoms with E-state index in [1.807, 2.05) is 31.2 Å². The largest absolute Gasteiger partial charge is 0.409 e. The van der Waals surface area contributed by atoms with Crippen LogP contribution in [0.3, 0.4) is 0 Å². The molecule has 86 valence electrons. The second-order valence-electron chi connectivity index (χ2n) is 3.47. The zero-order valence-corrected chi connectivity index (χ0v) is 9.10. The number of carbonyl (C=O) groups excluding carboxylic acids is 1. The molecule has 5 nitrogen and oxygen atoms in total. The molecule has 0 unspecified atom stereocenters. The molecule has 0 aliphatic rings. The molecule has 0 saturated heterocycles. The number of rotatable bonds is 4. The van der Waals surface area contributed by atoms with Crippen molar-refractivity contribution in [1.29, 1.82) is 0 Å². The first-order chi connectivity index (χ1) is 7.63. The van der Waals surface area contributed by atoms with E-state index in [-0.39, 0.29) is 18.2 Å². The van der Waals surface area contributed by atoms with Gasteiger partial charge in [-0.15, -0.1) is 0 Å². The Bertz CT molecular complexity index is 402. The van der Waals surface area contributed by atoms with Crippen molar-refractivity contribution in [2.75, 3.05) is 0 Å². The van der Waals surface area contributed by atoms with E-state index in [0.29, 0.717) is 6.54 Å². The number of carbonyl (C=O) groups is 1. The summed E-state index contributed by atoms with van der Waals surface area (Å²) in [6, 6.07) is 7.78. The molecule has 16 heavy (non-hydrogen) atoms. The van der Waals surface area contributed by atoms with E-state index < -0.39 is 0 Å². The van der Waals surface area contributed by atoms with Crippen LogP contribution in [0.15, 0.2) is 29.4 Å². The van der Waals surface area contributed by atoms with Crippen molar-refractivity contribution < 1.29 is 10.0 Å². The van der Waals surface area contributed by atoms with Crippen LogP contribution in [-0.2, 0) is 11.3 Å². The van der Waals surface area contributed by atoms with Crippen molar-refractivity contribution in [1.82, 2.24) is 5.32 Å². The first kappa shape index (κ1) is 12.0. The molecule has 0 fully saturated rings. The molecule has 0 aromatic heterocycles. The highest BCUT2D eigenvalue weighted by Crippen LogP contribution is 2.05. The van der Waals surface area contributed by atoms with Gasteiger partial charge in [0.2, 0.25) is 5.91 Å². The fourth-order valence-corrected chi connectivity index (χ4v) is 1.26. The van der Waals surface area contributed by atoms with Crippen molar-refractivity contribution in [2.45, 2.75) is 19.9 Å². The summed E-state index contributed by atoms with van der Waals surface area (Å²) < 4.78 is 0. The quantitative estimate of drug-likeness (QED) is 0.303. The normalized spacial score (nSPS) is 11.2. The Morgan fingerprint density at radius 3 is 2.81 bits per heavy atom. The molecule has 0 bridgehead atoms. The predicted octanol–water partition coefficient (Wildman–Crippen LogP) is 0.748. The number of hydrogen-bond acceptors (Lipinski definition) is 3. The van der Waals surface area contributed by atoms with Gasteiger partial charge in [0.1, 0.15) is 5.84 Å². The van der Waals surface area contributed by atoms with Crippen LogP contribution >= 0.6 is 0 Å². The summed E-state index contributed by atoms with van der Waals surface area (Å²) in [4.78, 5) is 11.3. The Hall–Kier alpha value is -2.04. The minimum atomic E-state index is -0.265. The number of hydrogen-bond donors (Lipinski definition) is 3. The van der Waals surface area contributed by atoms with Crippen molar-refractivity contribution in [2.24, 2.45) is 10.9 Å². The number of amides is 1. The number of nitrogens with one attached hydrogen (secondary N) is 1. The van der Waals surface area contributed by atoms with Gasteiger partial charge in [-0.3, -0.25) is 4.79 Å². The fourth-order valence-electron chi connectivity index (χ4n) is 1.26. The third kappa shape index (κ3) is 3.61. The van der Waals surface area contributed by atoms with E-state index >= 15 is 0 Å². The van der Waals surface area contributed by atoms with Gasteiger partial charge in [-0.05, 0) is 18.1 Å². The molecular formula is C11H15N3O2. The number of nitrogens with two attached hydrogens (primary N) is 1. The summed E-state index contributed by atoms with van der Waals surface area (Å²) in [6.45, 7) is 2.43. The van der Waals surface area contributed by atoms with Gasteiger partial charge in [0.25, 0.3) is 0 Å². The number of benzene rings is 1. The molecule has 1 aromatic carbocycles. The van der Waals surface area contributed by atoms with Crippen LogP contribution in [0.1, 0.15) is 17.5 Å². The van der Waals surface area contributed by atoms with Gasteiger partial charge < -0.3 is 16.3 Å². The van der Waals surface area contributed by atoms with E-state index in [2.05, 4.69) is 10.5 Å². The standard InChI is InChI=1S/C11H15N3O2/c1-8-4-2-3-5-9(8)7-13-11(15)6-10(12)14-16/h2-5,16H,6-7H2,1H3,(H2,12,14)(H,13,15). The van der Waals surface area contributed by atoms with Gasteiger partial charge in [0.15, 0.2) is 0 Å². The zero-order chi connectivity index (χ0) is 12.0. The number of amidine groups is 1. The third-order valence-corrected chi connectivity index (χ3v) is 2.21. The maximum absolute atomic E-state index is 11.3. The molecule has 0 aliphatic carbocycles. The monoisotopic (exact) mass is 221 g/mol. The highest BCUT2D eigenvalue weighted by Gasteiger charge is 2.05. The average Bonchev–Trinajstić information content (AvgIpc) is 2.28. The van der Waals surface area contributed by atoms with E-state index in [4.69, 9.17) is 10.9 Å². The van der Waals surface area contributed by atoms with Crippen molar-refractivity contribution >= 4 is 11.7 Å². The summed E-state index contributed by atoms with van der Waals surface area (Å²) in [5, 5.41) is 13.7. The summed E-state index contributed by atoms with van der Waals surface area (Å²) in [7, 11) is 0. The second kappa shape index (κ2) is 5.75. The van der Waals surface area contributed by atoms with Gasteiger partial charge in [-0.25, -0.2) is 0 Å². The van der Waals surface area contributed by atoms with Gasteiger partial charge in [-0.1, -0.05) is 29.4 Å². The number of aryl methyl sites for hydroxylation is 1. The van der Waals surface area contributed by atoms with E-state index in [9.17, 15) is 4.79 Å². The van der Waals surface area contributed by atoms with E-state index in [1.54, 1.807) is 0 Å². The van der Waals surface area contributed by atoms with Crippen LogP contribution < -0.4 is 11.1 Å². The summed E-state index contributed by atoms with van der Waals surface area (Å²) >= 11 is 0. The van der Waals surface area contributed by atoms with Crippen LogP contribution in [0.4, 0.5) is 0 Å². The smallest absolute Gasteiger partial charge is 0.227 e. The van der Waals surface area contributed by atoms with E-state index in [1.165, 1.54) is 0 Å².